The molecule has 2 rings (SSSR count). The molecule has 0 radical (unpaired) electrons. The highest BCUT2D eigenvalue weighted by atomic mass is 79.9. The molecule has 19 heavy (non-hydrogen) atoms. The van der Waals surface area contributed by atoms with Gasteiger partial charge in [-0.15, -0.1) is 0 Å². The molecule has 0 aromatic heterocycles. The molecule has 0 bridgehead atoms. The van der Waals surface area contributed by atoms with Crippen LogP contribution in [0.1, 0.15) is 29.6 Å². The van der Waals surface area contributed by atoms with Crippen molar-refractivity contribution in [3.63, 3.8) is 0 Å². The lowest BCUT2D eigenvalue weighted by Crippen LogP contribution is -2.49. The predicted molar refractivity (Wildman–Crippen MR) is 76.9 cm³/mol. The number of rotatable bonds is 4. The van der Waals surface area contributed by atoms with Gasteiger partial charge in [0, 0.05) is 10.0 Å². The molecule has 1 heterocycles. The number of hydrogen-bond donors (Lipinski definition) is 1. The summed E-state index contributed by atoms with van der Waals surface area (Å²) in [5, 5.41) is 0. The van der Waals surface area contributed by atoms with Gasteiger partial charge in [0.15, 0.2) is 5.78 Å². The van der Waals surface area contributed by atoms with Gasteiger partial charge in [-0.2, -0.15) is 0 Å². The van der Waals surface area contributed by atoms with Gasteiger partial charge in [0.25, 0.3) is 0 Å². The Bertz CT molecular complexity index is 490. The first-order chi connectivity index (χ1) is 9.08. The maximum atomic E-state index is 12.2. The van der Waals surface area contributed by atoms with E-state index in [-0.39, 0.29) is 24.3 Å². The summed E-state index contributed by atoms with van der Waals surface area (Å²) in [7, 11) is 0. The summed E-state index contributed by atoms with van der Waals surface area (Å²) >= 11 is 3.35. The summed E-state index contributed by atoms with van der Waals surface area (Å²) in [4.78, 5) is 25.5. The fourth-order valence-electron chi connectivity index (χ4n) is 2.44. The summed E-state index contributed by atoms with van der Waals surface area (Å²) in [6.45, 7) is 1.01. The molecule has 0 saturated carbocycles. The van der Waals surface area contributed by atoms with Crippen molar-refractivity contribution in [1.82, 2.24) is 4.90 Å². The van der Waals surface area contributed by atoms with Crippen molar-refractivity contribution < 1.29 is 9.59 Å². The zero-order chi connectivity index (χ0) is 13.8. The van der Waals surface area contributed by atoms with Crippen molar-refractivity contribution in [3.05, 3.63) is 34.3 Å². The summed E-state index contributed by atoms with van der Waals surface area (Å²) in [6.07, 6.45) is 2.76. The van der Waals surface area contributed by atoms with Crippen LogP contribution in [-0.4, -0.2) is 35.7 Å². The number of benzene rings is 1. The highest BCUT2D eigenvalue weighted by Crippen LogP contribution is 2.18. The second kappa shape index (κ2) is 6.30. The average molecular weight is 325 g/mol. The van der Waals surface area contributed by atoms with E-state index < -0.39 is 0 Å². The second-order valence-corrected chi connectivity index (χ2v) is 5.73. The molecule has 2 N–H and O–H groups in total. The van der Waals surface area contributed by atoms with Crippen molar-refractivity contribution in [3.8, 4) is 0 Å². The molecule has 1 atom stereocenters. The monoisotopic (exact) mass is 324 g/mol. The van der Waals surface area contributed by atoms with Crippen LogP contribution in [0.15, 0.2) is 28.7 Å². The second-order valence-electron chi connectivity index (χ2n) is 4.82. The predicted octanol–water partition coefficient (Wildman–Crippen LogP) is 1.97. The van der Waals surface area contributed by atoms with Crippen molar-refractivity contribution in [2.75, 3.05) is 13.1 Å². The van der Waals surface area contributed by atoms with Crippen LogP contribution in [0.25, 0.3) is 0 Å². The van der Waals surface area contributed by atoms with Crippen molar-refractivity contribution in [1.29, 1.82) is 0 Å². The first kappa shape index (κ1) is 14.2. The summed E-state index contributed by atoms with van der Waals surface area (Å²) in [6, 6.07) is 7.00. The fraction of sp³-hybridized carbons (Fsp3) is 0.429. The van der Waals surface area contributed by atoms with E-state index in [2.05, 4.69) is 15.9 Å². The van der Waals surface area contributed by atoms with E-state index in [1.807, 2.05) is 17.0 Å². The molecule has 1 aliphatic heterocycles. The Hall–Kier alpha value is -1.20. The molecule has 1 fully saturated rings. The topological polar surface area (TPSA) is 63.4 Å². The normalized spacial score (nSPS) is 20.2. The minimum atomic E-state index is -0.332. The molecule has 5 heteroatoms. The smallest absolute Gasteiger partial charge is 0.234 e. The Kier molecular flexibility index (Phi) is 4.71. The third-order valence-electron chi connectivity index (χ3n) is 3.44. The number of primary amides is 1. The number of nitrogens with zero attached hydrogens (tertiary/aromatic N) is 1. The first-order valence-electron chi connectivity index (χ1n) is 6.40. The maximum absolute atomic E-state index is 12.2. The summed E-state index contributed by atoms with van der Waals surface area (Å²) < 4.78 is 0.878. The zero-order valence-corrected chi connectivity index (χ0v) is 12.2. The lowest BCUT2D eigenvalue weighted by molar-refractivity contribution is -0.124. The van der Waals surface area contributed by atoms with Crippen molar-refractivity contribution in [2.24, 2.45) is 5.73 Å². The molecule has 1 aliphatic rings. The fourth-order valence-corrected chi connectivity index (χ4v) is 2.84. The van der Waals surface area contributed by atoms with E-state index in [0.29, 0.717) is 5.56 Å². The van der Waals surface area contributed by atoms with Crippen LogP contribution in [0.4, 0.5) is 0 Å². The van der Waals surface area contributed by atoms with Crippen molar-refractivity contribution in [2.45, 2.75) is 25.3 Å². The third kappa shape index (κ3) is 3.64. The molecule has 4 nitrogen and oxygen atoms in total. The molecular weight excluding hydrogens is 308 g/mol. The van der Waals surface area contributed by atoms with Gasteiger partial charge in [0.05, 0.1) is 12.6 Å². The summed E-state index contributed by atoms with van der Waals surface area (Å²) in [5.74, 6) is -0.309. The summed E-state index contributed by atoms with van der Waals surface area (Å²) in [5.41, 5.74) is 6.05. The minimum absolute atomic E-state index is 0.0226. The maximum Gasteiger partial charge on any atom is 0.234 e. The number of hydrogen-bond acceptors (Lipinski definition) is 3. The molecule has 1 saturated heterocycles. The Balaban J connectivity index is 2.07. The van der Waals surface area contributed by atoms with E-state index in [1.165, 1.54) is 0 Å². The van der Waals surface area contributed by atoms with Crippen LogP contribution in [-0.2, 0) is 4.79 Å². The number of halogens is 1. The van der Waals surface area contributed by atoms with E-state index in [1.54, 1.807) is 12.1 Å². The molecule has 1 aromatic carbocycles. The Morgan fingerprint density at radius 3 is 2.84 bits per heavy atom. The van der Waals surface area contributed by atoms with Gasteiger partial charge in [0.2, 0.25) is 5.91 Å². The SMILES string of the molecule is NC(=O)C1CCCCN1CC(=O)c1cccc(Br)c1. The quantitative estimate of drug-likeness (QED) is 0.861. The van der Waals surface area contributed by atoms with Gasteiger partial charge in [-0.25, -0.2) is 0 Å². The van der Waals surface area contributed by atoms with E-state index >= 15 is 0 Å². The Labute approximate surface area is 121 Å². The average Bonchev–Trinajstić information content (AvgIpc) is 2.39. The lowest BCUT2D eigenvalue weighted by Gasteiger charge is -2.32. The van der Waals surface area contributed by atoms with Gasteiger partial charge in [-0.05, 0) is 31.5 Å². The van der Waals surface area contributed by atoms with Gasteiger partial charge in [0.1, 0.15) is 0 Å². The van der Waals surface area contributed by atoms with Gasteiger partial charge in [-0.3, -0.25) is 14.5 Å². The number of nitrogens with two attached hydrogens (primary N) is 1. The van der Waals surface area contributed by atoms with E-state index in [0.717, 1.165) is 30.3 Å². The van der Waals surface area contributed by atoms with Crippen LogP contribution in [0.5, 0.6) is 0 Å². The number of piperidine rings is 1. The number of carbonyl (C=O) groups is 2. The zero-order valence-electron chi connectivity index (χ0n) is 10.6. The minimum Gasteiger partial charge on any atom is -0.368 e. The highest BCUT2D eigenvalue weighted by Gasteiger charge is 2.28. The Morgan fingerprint density at radius 1 is 1.37 bits per heavy atom. The highest BCUT2D eigenvalue weighted by molar-refractivity contribution is 9.10. The number of likely N-dealkylation sites (tertiary alicyclic amines) is 1. The van der Waals surface area contributed by atoms with Crippen molar-refractivity contribution >= 4 is 27.6 Å². The standard InChI is InChI=1S/C14H17BrN2O2/c15-11-5-3-4-10(8-11)13(18)9-17-7-2-1-6-12(17)14(16)19/h3-5,8,12H,1-2,6-7,9H2,(H2,16,19). The van der Waals surface area contributed by atoms with Crippen LogP contribution >= 0.6 is 15.9 Å². The van der Waals surface area contributed by atoms with Gasteiger partial charge in [-0.1, -0.05) is 34.5 Å². The van der Waals surface area contributed by atoms with Crippen LogP contribution in [0.2, 0.25) is 0 Å². The van der Waals surface area contributed by atoms with E-state index in [4.69, 9.17) is 5.73 Å². The number of Topliss-reactive ketones (excluding diaryl/α,β-unsaturated/α-hetero) is 1. The van der Waals surface area contributed by atoms with Crippen LogP contribution in [0, 0.1) is 0 Å². The molecule has 0 spiro atoms. The third-order valence-corrected chi connectivity index (χ3v) is 3.93. The molecule has 1 unspecified atom stereocenters. The van der Waals surface area contributed by atoms with Crippen LogP contribution in [0.3, 0.4) is 0 Å². The first-order valence-corrected chi connectivity index (χ1v) is 7.19. The number of ketones is 1. The van der Waals surface area contributed by atoms with Gasteiger partial charge < -0.3 is 5.73 Å². The largest absolute Gasteiger partial charge is 0.368 e. The van der Waals surface area contributed by atoms with Gasteiger partial charge >= 0.3 is 0 Å². The molecule has 1 amide bonds. The van der Waals surface area contributed by atoms with Crippen LogP contribution < -0.4 is 5.73 Å². The molecule has 0 aliphatic carbocycles. The Morgan fingerprint density at radius 2 is 2.16 bits per heavy atom. The number of amides is 1. The van der Waals surface area contributed by atoms with E-state index in [9.17, 15) is 9.59 Å². The molecule has 102 valence electrons. The number of carbonyl (C=O) groups excluding carboxylic acids is 2. The lowest BCUT2D eigenvalue weighted by atomic mass is 10.0. The molecular formula is C14H17BrN2O2. The molecule has 1 aromatic rings.